The van der Waals surface area contributed by atoms with Crippen molar-refractivity contribution in [3.05, 3.63) is 0 Å². The molecule has 0 aromatic carbocycles. The average molecular weight is 152 g/mol. The van der Waals surface area contributed by atoms with Crippen LogP contribution < -0.4 is 0 Å². The van der Waals surface area contributed by atoms with Crippen LogP contribution in [0.2, 0.25) is 0 Å². The predicted molar refractivity (Wildman–Crippen MR) is 36.0 cm³/mol. The van der Waals surface area contributed by atoms with Gasteiger partial charge in [0.2, 0.25) is 0 Å². The minimum absolute atomic E-state index is 0.250. The Balaban J connectivity index is 3.77. The van der Waals surface area contributed by atoms with Crippen LogP contribution in [0.25, 0.3) is 0 Å². The van der Waals surface area contributed by atoms with E-state index in [4.69, 9.17) is 10.5 Å². The first-order valence-corrected chi connectivity index (χ1v) is 3.23. The number of hydrogen-bond donors (Lipinski definition) is 0. The summed E-state index contributed by atoms with van der Waals surface area (Å²) in [6.45, 7) is 1.81. The Bertz CT molecular complexity index is 197. The highest BCUT2D eigenvalue weighted by atomic mass is 16.5. The molecule has 0 aromatic heterocycles. The summed E-state index contributed by atoms with van der Waals surface area (Å²) in [6, 6.07) is 3.07. The molecule has 58 valence electrons. The molecule has 0 aliphatic heterocycles. The zero-order valence-electron chi connectivity index (χ0n) is 6.20. The number of carbonyl (C=O) groups excluding carboxylic acids is 1. The lowest BCUT2D eigenvalue weighted by molar-refractivity contribution is -0.144. The van der Waals surface area contributed by atoms with Crippen molar-refractivity contribution in [1.29, 1.82) is 10.5 Å². The summed E-state index contributed by atoms with van der Waals surface area (Å²) in [5.41, 5.74) is 0. The van der Waals surface area contributed by atoms with Crippen LogP contribution in [-0.4, -0.2) is 12.1 Å². The molecule has 4 nitrogen and oxygen atoms in total. The largest absolute Gasteiger partial charge is 0.432 e. The van der Waals surface area contributed by atoms with Crippen molar-refractivity contribution in [3.63, 3.8) is 0 Å². The van der Waals surface area contributed by atoms with Gasteiger partial charge in [-0.25, -0.2) is 0 Å². The molecule has 0 bridgehead atoms. The van der Waals surface area contributed by atoms with Crippen LogP contribution in [0.1, 0.15) is 19.8 Å². The summed E-state index contributed by atoms with van der Waals surface area (Å²) >= 11 is 0. The zero-order chi connectivity index (χ0) is 8.69. The van der Waals surface area contributed by atoms with E-state index in [1.807, 2.05) is 6.92 Å². The minimum Gasteiger partial charge on any atom is -0.432 e. The summed E-state index contributed by atoms with van der Waals surface area (Å²) in [5, 5.41) is 16.4. The third kappa shape index (κ3) is 3.94. The van der Waals surface area contributed by atoms with Gasteiger partial charge in [0.15, 0.2) is 0 Å². The Morgan fingerprint density at radius 3 is 2.45 bits per heavy atom. The standard InChI is InChI=1S/C7H8N2O2/c1-2-3-7(10)11-6(4-8)5-9/h6H,2-3H2,1H3. The van der Waals surface area contributed by atoms with Crippen LogP contribution in [0.15, 0.2) is 0 Å². The normalized spacial score (nSPS) is 8.36. The molecule has 0 N–H and O–H groups in total. The highest BCUT2D eigenvalue weighted by Crippen LogP contribution is 1.95. The lowest BCUT2D eigenvalue weighted by Gasteiger charge is -2.00. The molecule has 0 unspecified atom stereocenters. The van der Waals surface area contributed by atoms with Gasteiger partial charge >= 0.3 is 5.97 Å². The second-order valence-corrected chi connectivity index (χ2v) is 1.88. The van der Waals surface area contributed by atoms with Crippen LogP contribution in [-0.2, 0) is 9.53 Å². The van der Waals surface area contributed by atoms with Crippen molar-refractivity contribution < 1.29 is 9.53 Å². The highest BCUT2D eigenvalue weighted by molar-refractivity contribution is 5.69. The summed E-state index contributed by atoms with van der Waals surface area (Å²) in [4.78, 5) is 10.6. The highest BCUT2D eigenvalue weighted by Gasteiger charge is 2.10. The summed E-state index contributed by atoms with van der Waals surface area (Å²) in [6.07, 6.45) is -0.350. The molecule has 0 heterocycles. The first kappa shape index (κ1) is 9.45. The fourth-order valence-electron chi connectivity index (χ4n) is 0.476. The molecular weight excluding hydrogens is 144 g/mol. The van der Waals surface area contributed by atoms with E-state index in [0.29, 0.717) is 6.42 Å². The van der Waals surface area contributed by atoms with Crippen LogP contribution >= 0.6 is 0 Å². The number of nitriles is 2. The smallest absolute Gasteiger partial charge is 0.307 e. The van der Waals surface area contributed by atoms with Gasteiger partial charge in [-0.1, -0.05) is 6.92 Å². The molecule has 0 aromatic rings. The van der Waals surface area contributed by atoms with Crippen LogP contribution in [0.5, 0.6) is 0 Å². The average Bonchev–Trinajstić information content (AvgIpc) is 2.01. The fraction of sp³-hybridized carbons (Fsp3) is 0.571. The fourth-order valence-corrected chi connectivity index (χ4v) is 0.476. The topological polar surface area (TPSA) is 73.9 Å². The van der Waals surface area contributed by atoms with Crippen molar-refractivity contribution in [1.82, 2.24) is 0 Å². The molecule has 0 aliphatic rings. The number of carbonyl (C=O) groups is 1. The van der Waals surface area contributed by atoms with E-state index in [0.717, 1.165) is 0 Å². The van der Waals surface area contributed by atoms with Crippen molar-refractivity contribution in [2.75, 3.05) is 0 Å². The van der Waals surface area contributed by atoms with Gasteiger partial charge in [-0.3, -0.25) is 4.79 Å². The quantitative estimate of drug-likeness (QED) is 0.559. The number of hydrogen-bond acceptors (Lipinski definition) is 4. The molecule has 0 saturated heterocycles. The Morgan fingerprint density at radius 2 is 2.09 bits per heavy atom. The lowest BCUT2D eigenvalue weighted by Crippen LogP contribution is -2.13. The van der Waals surface area contributed by atoms with E-state index in [-0.39, 0.29) is 6.42 Å². The molecule has 0 amide bonds. The number of ether oxygens (including phenoxy) is 1. The van der Waals surface area contributed by atoms with Gasteiger partial charge < -0.3 is 4.74 Å². The maximum atomic E-state index is 10.6. The van der Waals surface area contributed by atoms with Gasteiger partial charge in [-0.15, -0.1) is 0 Å². The Morgan fingerprint density at radius 1 is 1.55 bits per heavy atom. The van der Waals surface area contributed by atoms with Gasteiger partial charge in [0.25, 0.3) is 6.10 Å². The van der Waals surface area contributed by atoms with E-state index in [1.54, 1.807) is 0 Å². The monoisotopic (exact) mass is 152 g/mol. The Hall–Kier alpha value is -1.55. The number of nitrogens with zero attached hydrogens (tertiary/aromatic N) is 2. The third-order valence-corrected chi connectivity index (χ3v) is 0.938. The molecule has 11 heavy (non-hydrogen) atoms. The summed E-state index contributed by atoms with van der Waals surface area (Å²) < 4.78 is 4.43. The second-order valence-electron chi connectivity index (χ2n) is 1.88. The lowest BCUT2D eigenvalue weighted by atomic mass is 10.3. The first-order chi connectivity index (χ1) is 5.24. The molecule has 0 rings (SSSR count). The SMILES string of the molecule is CCCC(=O)OC(C#N)C#N. The van der Waals surface area contributed by atoms with Gasteiger partial charge in [-0.05, 0) is 6.42 Å². The van der Waals surface area contributed by atoms with Crippen LogP contribution in [0.4, 0.5) is 0 Å². The van der Waals surface area contributed by atoms with Crippen LogP contribution in [0.3, 0.4) is 0 Å². The van der Waals surface area contributed by atoms with E-state index in [2.05, 4.69) is 4.74 Å². The third-order valence-electron chi connectivity index (χ3n) is 0.938. The molecule has 0 saturated carbocycles. The van der Waals surface area contributed by atoms with Crippen molar-refractivity contribution >= 4 is 5.97 Å². The molecule has 0 fully saturated rings. The molecule has 4 heteroatoms. The molecule has 0 atom stereocenters. The predicted octanol–water partition coefficient (Wildman–Crippen LogP) is 0.745. The van der Waals surface area contributed by atoms with Gasteiger partial charge in [-0.2, -0.15) is 10.5 Å². The van der Waals surface area contributed by atoms with Gasteiger partial charge in [0.05, 0.1) is 0 Å². The Labute approximate surface area is 65.0 Å². The van der Waals surface area contributed by atoms with Gasteiger partial charge in [0.1, 0.15) is 12.1 Å². The van der Waals surface area contributed by atoms with Crippen molar-refractivity contribution in [2.45, 2.75) is 25.9 Å². The molecule has 0 radical (unpaired) electrons. The second kappa shape index (κ2) is 5.25. The summed E-state index contributed by atoms with van der Waals surface area (Å²) in [5.74, 6) is -0.499. The molecule has 0 spiro atoms. The van der Waals surface area contributed by atoms with E-state index in [9.17, 15) is 4.79 Å². The maximum Gasteiger partial charge on any atom is 0.307 e. The Kier molecular flexibility index (Phi) is 4.51. The minimum atomic E-state index is -1.26. The van der Waals surface area contributed by atoms with E-state index >= 15 is 0 Å². The van der Waals surface area contributed by atoms with Gasteiger partial charge in [0, 0.05) is 6.42 Å². The summed E-state index contributed by atoms with van der Waals surface area (Å²) in [7, 11) is 0. The van der Waals surface area contributed by atoms with Crippen LogP contribution in [0, 0.1) is 22.7 Å². The number of esters is 1. The first-order valence-electron chi connectivity index (χ1n) is 3.23. The van der Waals surface area contributed by atoms with Crippen molar-refractivity contribution in [2.24, 2.45) is 0 Å². The van der Waals surface area contributed by atoms with E-state index < -0.39 is 12.1 Å². The number of rotatable bonds is 3. The maximum absolute atomic E-state index is 10.6. The molecule has 0 aliphatic carbocycles. The zero-order valence-corrected chi connectivity index (χ0v) is 6.20. The molecular formula is C7H8N2O2. The van der Waals surface area contributed by atoms with E-state index in [1.165, 1.54) is 12.1 Å². The van der Waals surface area contributed by atoms with Crippen molar-refractivity contribution in [3.8, 4) is 12.1 Å².